The molecule has 1 aromatic carbocycles. The number of amides is 2. The van der Waals surface area contributed by atoms with Gasteiger partial charge >= 0.3 is 6.09 Å². The van der Waals surface area contributed by atoms with Crippen molar-refractivity contribution in [3.8, 4) is 0 Å². The van der Waals surface area contributed by atoms with Crippen LogP contribution in [0, 0.1) is 6.92 Å². The number of likely N-dealkylation sites (tertiary alicyclic amines) is 1. The second-order valence-electron chi connectivity index (χ2n) is 6.75. The maximum atomic E-state index is 12.4. The maximum absolute atomic E-state index is 12.4. The fourth-order valence-corrected chi connectivity index (χ4v) is 2.42. The van der Waals surface area contributed by atoms with Crippen LogP contribution in [0.5, 0.6) is 0 Å². The minimum absolute atomic E-state index is 0.00786. The Labute approximate surface area is 131 Å². The molecule has 0 bridgehead atoms. The third-order valence-corrected chi connectivity index (χ3v) is 3.49. The van der Waals surface area contributed by atoms with Gasteiger partial charge in [-0.25, -0.2) is 4.79 Å². The molecule has 22 heavy (non-hydrogen) atoms. The van der Waals surface area contributed by atoms with Crippen LogP contribution < -0.4 is 5.32 Å². The van der Waals surface area contributed by atoms with Crippen molar-refractivity contribution in [1.29, 1.82) is 0 Å². The zero-order valence-corrected chi connectivity index (χ0v) is 13.7. The number of carbonyl (C=O) groups excluding carboxylic acids is 2. The predicted octanol–water partition coefficient (Wildman–Crippen LogP) is 2.73. The van der Waals surface area contributed by atoms with Gasteiger partial charge in [-0.1, -0.05) is 17.7 Å². The first-order valence-corrected chi connectivity index (χ1v) is 7.60. The first-order valence-electron chi connectivity index (χ1n) is 7.60. The van der Waals surface area contributed by atoms with Crippen molar-refractivity contribution < 1.29 is 14.3 Å². The number of rotatable bonds is 2. The lowest BCUT2D eigenvalue weighted by atomic mass is 10.1. The van der Waals surface area contributed by atoms with Crippen molar-refractivity contribution in [2.75, 3.05) is 13.1 Å². The summed E-state index contributed by atoms with van der Waals surface area (Å²) in [6.45, 7) is 8.64. The van der Waals surface area contributed by atoms with Gasteiger partial charge in [-0.2, -0.15) is 0 Å². The van der Waals surface area contributed by atoms with E-state index in [4.69, 9.17) is 4.74 Å². The number of hydrogen-bond donors (Lipinski definition) is 1. The van der Waals surface area contributed by atoms with Gasteiger partial charge in [-0.15, -0.1) is 0 Å². The van der Waals surface area contributed by atoms with E-state index in [0.717, 1.165) is 12.0 Å². The number of hydrogen-bond acceptors (Lipinski definition) is 3. The van der Waals surface area contributed by atoms with Crippen LogP contribution in [0.15, 0.2) is 24.3 Å². The molecule has 0 saturated carbocycles. The van der Waals surface area contributed by atoms with Gasteiger partial charge in [0.15, 0.2) is 0 Å². The second kappa shape index (κ2) is 6.38. The quantitative estimate of drug-likeness (QED) is 0.914. The van der Waals surface area contributed by atoms with E-state index in [0.29, 0.717) is 18.7 Å². The van der Waals surface area contributed by atoms with Gasteiger partial charge in [0.25, 0.3) is 5.91 Å². The summed E-state index contributed by atoms with van der Waals surface area (Å²) in [5, 5.41) is 2.83. The summed E-state index contributed by atoms with van der Waals surface area (Å²) in [6, 6.07) is 7.49. The van der Waals surface area contributed by atoms with E-state index in [1.54, 1.807) is 4.90 Å². The molecular weight excluding hydrogens is 280 g/mol. The van der Waals surface area contributed by atoms with Crippen LogP contribution in [0.4, 0.5) is 4.79 Å². The Morgan fingerprint density at radius 2 is 1.86 bits per heavy atom. The molecule has 5 heteroatoms. The molecule has 1 aromatic rings. The molecule has 1 aliphatic heterocycles. The standard InChI is InChI=1S/C17H24N2O3/c1-12-5-7-13(8-6-12)15(20)19-10-9-14(11-19)18-16(21)22-17(2,3)4/h5-8,14H,9-11H2,1-4H3,(H,18,21). The average molecular weight is 304 g/mol. The summed E-state index contributed by atoms with van der Waals surface area (Å²) in [5.74, 6) is 0.00786. The first kappa shape index (κ1) is 16.3. The number of benzene rings is 1. The van der Waals surface area contributed by atoms with Crippen LogP contribution in [0.2, 0.25) is 0 Å². The molecule has 2 rings (SSSR count). The third-order valence-electron chi connectivity index (χ3n) is 3.49. The number of aryl methyl sites for hydroxylation is 1. The molecule has 2 amide bonds. The minimum Gasteiger partial charge on any atom is -0.444 e. The number of ether oxygens (including phenoxy) is 1. The summed E-state index contributed by atoms with van der Waals surface area (Å²) in [7, 11) is 0. The Balaban J connectivity index is 1.88. The molecule has 1 N–H and O–H groups in total. The van der Waals surface area contributed by atoms with Gasteiger partial charge in [0.2, 0.25) is 0 Å². The van der Waals surface area contributed by atoms with Gasteiger partial charge in [0.05, 0.1) is 6.04 Å². The first-order chi connectivity index (χ1) is 10.2. The summed E-state index contributed by atoms with van der Waals surface area (Å²) in [4.78, 5) is 25.9. The molecule has 1 saturated heterocycles. The van der Waals surface area contributed by atoms with E-state index < -0.39 is 11.7 Å². The highest BCUT2D eigenvalue weighted by Crippen LogP contribution is 2.15. The summed E-state index contributed by atoms with van der Waals surface area (Å²) in [5.41, 5.74) is 1.30. The van der Waals surface area contributed by atoms with E-state index in [1.165, 1.54) is 0 Å². The Morgan fingerprint density at radius 3 is 2.45 bits per heavy atom. The monoisotopic (exact) mass is 304 g/mol. The lowest BCUT2D eigenvalue weighted by molar-refractivity contribution is 0.0502. The molecule has 1 heterocycles. The van der Waals surface area contributed by atoms with Crippen LogP contribution in [0.25, 0.3) is 0 Å². The topological polar surface area (TPSA) is 58.6 Å². The van der Waals surface area contributed by atoms with E-state index >= 15 is 0 Å². The van der Waals surface area contributed by atoms with E-state index in [-0.39, 0.29) is 11.9 Å². The van der Waals surface area contributed by atoms with Crippen LogP contribution >= 0.6 is 0 Å². The van der Waals surface area contributed by atoms with Crippen LogP contribution in [0.3, 0.4) is 0 Å². The number of carbonyl (C=O) groups is 2. The summed E-state index contributed by atoms with van der Waals surface area (Å²) in [6.07, 6.45) is 0.318. The van der Waals surface area contributed by atoms with Gasteiger partial charge < -0.3 is 15.0 Å². The van der Waals surface area contributed by atoms with Crippen molar-refractivity contribution in [2.24, 2.45) is 0 Å². The van der Waals surface area contributed by atoms with Crippen molar-refractivity contribution in [2.45, 2.75) is 45.8 Å². The molecule has 120 valence electrons. The summed E-state index contributed by atoms with van der Waals surface area (Å²) >= 11 is 0. The van der Waals surface area contributed by atoms with E-state index in [2.05, 4.69) is 5.32 Å². The van der Waals surface area contributed by atoms with Crippen LogP contribution in [0.1, 0.15) is 43.1 Å². The smallest absolute Gasteiger partial charge is 0.407 e. The van der Waals surface area contributed by atoms with Crippen LogP contribution in [-0.2, 0) is 4.74 Å². The van der Waals surface area contributed by atoms with E-state index in [1.807, 2.05) is 52.0 Å². The van der Waals surface area contributed by atoms with Gasteiger partial charge in [0.1, 0.15) is 5.60 Å². The molecule has 1 aliphatic rings. The minimum atomic E-state index is -0.514. The van der Waals surface area contributed by atoms with Crippen molar-refractivity contribution in [1.82, 2.24) is 10.2 Å². The lowest BCUT2D eigenvalue weighted by Gasteiger charge is -2.22. The van der Waals surface area contributed by atoms with Crippen molar-refractivity contribution in [3.63, 3.8) is 0 Å². The highest BCUT2D eigenvalue weighted by atomic mass is 16.6. The number of alkyl carbamates (subject to hydrolysis) is 1. The Morgan fingerprint density at radius 1 is 1.23 bits per heavy atom. The average Bonchev–Trinajstić information content (AvgIpc) is 2.85. The zero-order valence-electron chi connectivity index (χ0n) is 13.7. The second-order valence-corrected chi connectivity index (χ2v) is 6.75. The molecular formula is C17H24N2O3. The Kier molecular flexibility index (Phi) is 4.74. The fraction of sp³-hybridized carbons (Fsp3) is 0.529. The largest absolute Gasteiger partial charge is 0.444 e. The van der Waals surface area contributed by atoms with Gasteiger partial charge in [0, 0.05) is 18.7 Å². The maximum Gasteiger partial charge on any atom is 0.407 e. The lowest BCUT2D eigenvalue weighted by Crippen LogP contribution is -2.41. The zero-order chi connectivity index (χ0) is 16.3. The highest BCUT2D eigenvalue weighted by Gasteiger charge is 2.29. The molecule has 0 radical (unpaired) electrons. The van der Waals surface area contributed by atoms with Crippen molar-refractivity contribution in [3.05, 3.63) is 35.4 Å². The van der Waals surface area contributed by atoms with Gasteiger partial charge in [-0.05, 0) is 46.2 Å². The molecule has 0 aromatic heterocycles. The molecule has 1 fully saturated rings. The normalized spacial score (nSPS) is 18.2. The summed E-state index contributed by atoms with van der Waals surface area (Å²) < 4.78 is 5.24. The molecule has 5 nitrogen and oxygen atoms in total. The number of nitrogens with one attached hydrogen (secondary N) is 1. The third kappa shape index (κ3) is 4.48. The molecule has 0 spiro atoms. The fourth-order valence-electron chi connectivity index (χ4n) is 2.42. The molecule has 1 atom stereocenters. The van der Waals surface area contributed by atoms with Crippen LogP contribution in [-0.4, -0.2) is 41.6 Å². The van der Waals surface area contributed by atoms with E-state index in [9.17, 15) is 9.59 Å². The molecule has 1 unspecified atom stereocenters. The predicted molar refractivity (Wildman–Crippen MR) is 84.9 cm³/mol. The number of nitrogens with zero attached hydrogens (tertiary/aromatic N) is 1. The Bertz CT molecular complexity index is 546. The van der Waals surface area contributed by atoms with Crippen molar-refractivity contribution >= 4 is 12.0 Å². The molecule has 0 aliphatic carbocycles. The SMILES string of the molecule is Cc1ccc(C(=O)N2CCC(NC(=O)OC(C)(C)C)C2)cc1. The Hall–Kier alpha value is -2.04. The van der Waals surface area contributed by atoms with Gasteiger partial charge in [-0.3, -0.25) is 4.79 Å². The highest BCUT2D eigenvalue weighted by molar-refractivity contribution is 5.94.